The van der Waals surface area contributed by atoms with E-state index in [2.05, 4.69) is 17.3 Å². The number of nitrogens with zero attached hydrogens (tertiary/aromatic N) is 1. The molecule has 4 heteroatoms. The monoisotopic (exact) mass is 210 g/mol. The lowest BCUT2D eigenvalue weighted by molar-refractivity contribution is -0.138. The SMILES string of the molecule is CN1CCCC2(CC1)CC(=O)NC(=O)C2. The Bertz CT molecular complexity index is 272. The first-order valence-corrected chi connectivity index (χ1v) is 5.61. The van der Waals surface area contributed by atoms with Gasteiger partial charge in [0.15, 0.2) is 0 Å². The van der Waals surface area contributed by atoms with Crippen LogP contribution in [-0.4, -0.2) is 36.9 Å². The molecule has 0 bridgehead atoms. The molecule has 1 spiro atoms. The lowest BCUT2D eigenvalue weighted by atomic mass is 9.73. The lowest BCUT2D eigenvalue weighted by Crippen LogP contribution is -2.45. The van der Waals surface area contributed by atoms with Crippen LogP contribution < -0.4 is 5.32 Å². The van der Waals surface area contributed by atoms with Crippen LogP contribution in [0.25, 0.3) is 0 Å². The Morgan fingerprint density at radius 3 is 2.47 bits per heavy atom. The number of amides is 2. The fraction of sp³-hybridized carbons (Fsp3) is 0.818. The first-order chi connectivity index (χ1) is 7.10. The van der Waals surface area contributed by atoms with E-state index in [9.17, 15) is 9.59 Å². The average Bonchev–Trinajstić information content (AvgIpc) is 2.28. The van der Waals surface area contributed by atoms with Gasteiger partial charge in [-0.05, 0) is 44.8 Å². The van der Waals surface area contributed by atoms with Crippen molar-refractivity contribution in [2.75, 3.05) is 20.1 Å². The van der Waals surface area contributed by atoms with Crippen LogP contribution in [0.1, 0.15) is 32.1 Å². The van der Waals surface area contributed by atoms with E-state index in [1.807, 2.05) is 0 Å². The number of nitrogens with one attached hydrogen (secondary N) is 1. The Kier molecular flexibility index (Phi) is 2.78. The van der Waals surface area contributed by atoms with Gasteiger partial charge < -0.3 is 4.90 Å². The zero-order chi connectivity index (χ0) is 10.9. The first-order valence-electron chi connectivity index (χ1n) is 5.61. The summed E-state index contributed by atoms with van der Waals surface area (Å²) in [5, 5.41) is 2.39. The Hall–Kier alpha value is -0.900. The van der Waals surface area contributed by atoms with Gasteiger partial charge in [0.1, 0.15) is 0 Å². The highest BCUT2D eigenvalue weighted by Crippen LogP contribution is 2.39. The van der Waals surface area contributed by atoms with Crippen LogP contribution in [0.5, 0.6) is 0 Å². The summed E-state index contributed by atoms with van der Waals surface area (Å²) in [5.41, 5.74) is -0.0375. The molecule has 1 N–H and O–H groups in total. The van der Waals surface area contributed by atoms with Gasteiger partial charge in [0.2, 0.25) is 11.8 Å². The summed E-state index contributed by atoms with van der Waals surface area (Å²) < 4.78 is 0. The van der Waals surface area contributed by atoms with Crippen molar-refractivity contribution in [1.29, 1.82) is 0 Å². The second-order valence-corrected chi connectivity index (χ2v) is 4.98. The molecule has 0 radical (unpaired) electrons. The molecule has 0 saturated carbocycles. The molecule has 2 aliphatic heterocycles. The lowest BCUT2D eigenvalue weighted by Gasteiger charge is -2.34. The summed E-state index contributed by atoms with van der Waals surface area (Å²) >= 11 is 0. The number of carbonyl (C=O) groups excluding carboxylic acids is 2. The normalized spacial score (nSPS) is 27.5. The predicted molar refractivity (Wildman–Crippen MR) is 56.2 cm³/mol. The van der Waals surface area contributed by atoms with E-state index in [0.717, 1.165) is 32.4 Å². The molecule has 0 aromatic rings. The van der Waals surface area contributed by atoms with Crippen molar-refractivity contribution in [1.82, 2.24) is 10.2 Å². The molecule has 2 saturated heterocycles. The van der Waals surface area contributed by atoms with Gasteiger partial charge in [-0.15, -0.1) is 0 Å². The molecule has 2 amide bonds. The van der Waals surface area contributed by atoms with E-state index < -0.39 is 0 Å². The van der Waals surface area contributed by atoms with Gasteiger partial charge in [-0.3, -0.25) is 14.9 Å². The van der Waals surface area contributed by atoms with Gasteiger partial charge in [0, 0.05) is 12.8 Å². The Morgan fingerprint density at radius 1 is 1.13 bits per heavy atom. The smallest absolute Gasteiger partial charge is 0.227 e. The van der Waals surface area contributed by atoms with Crippen molar-refractivity contribution >= 4 is 11.8 Å². The van der Waals surface area contributed by atoms with Gasteiger partial charge in [-0.2, -0.15) is 0 Å². The van der Waals surface area contributed by atoms with E-state index in [1.165, 1.54) is 0 Å². The number of rotatable bonds is 0. The topological polar surface area (TPSA) is 49.4 Å². The number of piperidine rings is 1. The molecule has 2 fully saturated rings. The van der Waals surface area contributed by atoms with E-state index >= 15 is 0 Å². The minimum absolute atomic E-state index is 0.0375. The van der Waals surface area contributed by atoms with Crippen molar-refractivity contribution in [3.63, 3.8) is 0 Å². The number of hydrogen-bond donors (Lipinski definition) is 1. The minimum atomic E-state index is -0.0872. The molecule has 2 aliphatic rings. The van der Waals surface area contributed by atoms with Crippen LogP contribution in [0.2, 0.25) is 0 Å². The van der Waals surface area contributed by atoms with E-state index in [1.54, 1.807) is 0 Å². The van der Waals surface area contributed by atoms with Crippen molar-refractivity contribution in [3.05, 3.63) is 0 Å². The molecule has 0 aromatic heterocycles. The maximum Gasteiger partial charge on any atom is 0.227 e. The second kappa shape index (κ2) is 3.93. The second-order valence-electron chi connectivity index (χ2n) is 4.98. The largest absolute Gasteiger partial charge is 0.306 e. The van der Waals surface area contributed by atoms with Crippen molar-refractivity contribution in [2.45, 2.75) is 32.1 Å². The standard InChI is InChI=1S/C11H18N2O2/c1-13-5-2-3-11(4-6-13)7-9(14)12-10(15)8-11/h2-8H2,1H3,(H,12,14,15). The zero-order valence-corrected chi connectivity index (χ0v) is 9.21. The summed E-state index contributed by atoms with van der Waals surface area (Å²) in [6.07, 6.45) is 4.15. The van der Waals surface area contributed by atoms with Crippen LogP contribution in [0, 0.1) is 5.41 Å². The van der Waals surface area contributed by atoms with Gasteiger partial charge in [0.05, 0.1) is 0 Å². The molecular formula is C11H18N2O2. The van der Waals surface area contributed by atoms with Crippen LogP contribution in [0.15, 0.2) is 0 Å². The molecule has 15 heavy (non-hydrogen) atoms. The van der Waals surface area contributed by atoms with E-state index in [4.69, 9.17) is 0 Å². The minimum Gasteiger partial charge on any atom is -0.306 e. The van der Waals surface area contributed by atoms with Crippen molar-refractivity contribution in [2.24, 2.45) is 5.41 Å². The number of likely N-dealkylation sites (tertiary alicyclic amines) is 1. The maximum absolute atomic E-state index is 11.4. The highest BCUT2D eigenvalue weighted by atomic mass is 16.2. The average molecular weight is 210 g/mol. The van der Waals surface area contributed by atoms with Gasteiger partial charge in [-0.25, -0.2) is 0 Å². The molecular weight excluding hydrogens is 192 g/mol. The summed E-state index contributed by atoms with van der Waals surface area (Å²) in [6, 6.07) is 0. The molecule has 2 heterocycles. The van der Waals surface area contributed by atoms with E-state index in [-0.39, 0.29) is 17.2 Å². The first kappa shape index (κ1) is 10.6. The molecule has 2 rings (SSSR count). The van der Waals surface area contributed by atoms with Crippen LogP contribution >= 0.6 is 0 Å². The highest BCUT2D eigenvalue weighted by Gasteiger charge is 2.39. The van der Waals surface area contributed by atoms with Crippen molar-refractivity contribution in [3.8, 4) is 0 Å². The third-order valence-electron chi connectivity index (χ3n) is 3.62. The fourth-order valence-electron chi connectivity index (χ4n) is 2.73. The third kappa shape index (κ3) is 2.37. The number of hydrogen-bond acceptors (Lipinski definition) is 3. The summed E-state index contributed by atoms with van der Waals surface area (Å²) in [4.78, 5) is 25.1. The predicted octanol–water partition coefficient (Wildman–Crippen LogP) is 0.525. The molecule has 0 atom stereocenters. The van der Waals surface area contributed by atoms with Gasteiger partial charge >= 0.3 is 0 Å². The Labute approximate surface area is 90.0 Å². The van der Waals surface area contributed by atoms with Crippen LogP contribution in [0.3, 0.4) is 0 Å². The quantitative estimate of drug-likeness (QED) is 0.593. The summed E-state index contributed by atoms with van der Waals surface area (Å²) in [7, 11) is 2.10. The Balaban J connectivity index is 2.10. The Morgan fingerprint density at radius 2 is 1.80 bits per heavy atom. The number of carbonyl (C=O) groups is 2. The van der Waals surface area contributed by atoms with Crippen molar-refractivity contribution < 1.29 is 9.59 Å². The fourth-order valence-corrected chi connectivity index (χ4v) is 2.73. The van der Waals surface area contributed by atoms with Crippen LogP contribution in [0.4, 0.5) is 0 Å². The zero-order valence-electron chi connectivity index (χ0n) is 9.21. The summed E-state index contributed by atoms with van der Waals surface area (Å²) in [5.74, 6) is -0.174. The van der Waals surface area contributed by atoms with Crippen LogP contribution in [-0.2, 0) is 9.59 Å². The highest BCUT2D eigenvalue weighted by molar-refractivity contribution is 5.98. The number of imide groups is 1. The summed E-state index contributed by atoms with van der Waals surface area (Å²) in [6.45, 7) is 2.08. The van der Waals surface area contributed by atoms with E-state index in [0.29, 0.717) is 12.8 Å². The molecule has 0 aromatic carbocycles. The third-order valence-corrected chi connectivity index (χ3v) is 3.62. The molecule has 84 valence electrons. The van der Waals surface area contributed by atoms with Gasteiger partial charge in [0.25, 0.3) is 0 Å². The molecule has 0 unspecified atom stereocenters. The molecule has 0 aliphatic carbocycles. The van der Waals surface area contributed by atoms with Gasteiger partial charge in [-0.1, -0.05) is 0 Å². The molecule has 4 nitrogen and oxygen atoms in total. The maximum atomic E-state index is 11.4.